The number of amides is 1. The summed E-state index contributed by atoms with van der Waals surface area (Å²) in [5, 5.41) is 3.40. The second-order valence-corrected chi connectivity index (χ2v) is 3.92. The van der Waals surface area contributed by atoms with Crippen LogP contribution in [0.3, 0.4) is 0 Å². The highest BCUT2D eigenvalue weighted by atomic mass is 35.5. The topological polar surface area (TPSA) is 41.6 Å². The molecule has 2 rings (SSSR count). The molecule has 1 aromatic rings. The summed E-state index contributed by atoms with van der Waals surface area (Å²) >= 11 is 5.71. The second kappa shape index (κ2) is 3.26. The molecular weight excluding hydrogens is 202 g/mol. The Balaban J connectivity index is 2.04. The van der Waals surface area contributed by atoms with Gasteiger partial charge in [0.05, 0.1) is 6.61 Å². The molecule has 0 spiro atoms. The Hall–Kier alpha value is -1.06. The largest absolute Gasteiger partial charge is 0.359 e. The highest BCUT2D eigenvalue weighted by Gasteiger charge is 2.47. The summed E-state index contributed by atoms with van der Waals surface area (Å²) in [5.74, 6) is -0.111. The van der Waals surface area contributed by atoms with Gasteiger partial charge in [-0.25, -0.2) is 0 Å². The van der Waals surface area contributed by atoms with E-state index in [4.69, 9.17) is 16.3 Å². The first-order chi connectivity index (χ1) is 6.60. The molecule has 1 aliphatic heterocycles. The van der Waals surface area contributed by atoms with E-state index in [1.165, 1.54) is 0 Å². The van der Waals surface area contributed by atoms with Gasteiger partial charge in [-0.05, 0) is 31.2 Å². The van der Waals surface area contributed by atoms with Crippen LogP contribution in [0, 0.1) is 0 Å². The Labute approximate surface area is 87.0 Å². The van der Waals surface area contributed by atoms with Gasteiger partial charge in [0, 0.05) is 10.7 Å². The van der Waals surface area contributed by atoms with E-state index >= 15 is 0 Å². The van der Waals surface area contributed by atoms with E-state index in [9.17, 15) is 4.79 Å². The lowest BCUT2D eigenvalue weighted by molar-refractivity contribution is -0.120. The number of anilines is 1. The Morgan fingerprint density at radius 3 is 2.57 bits per heavy atom. The van der Waals surface area contributed by atoms with Gasteiger partial charge in [-0.15, -0.1) is 0 Å². The van der Waals surface area contributed by atoms with Crippen molar-refractivity contribution in [3.63, 3.8) is 0 Å². The zero-order valence-corrected chi connectivity index (χ0v) is 8.47. The van der Waals surface area contributed by atoms with Crippen molar-refractivity contribution in [1.82, 2.24) is 0 Å². The number of halogens is 1. The minimum Gasteiger partial charge on any atom is -0.359 e. The third-order valence-corrected chi connectivity index (χ3v) is 2.41. The standard InChI is InChI=1S/C10H10ClNO2/c1-10(6-14-10)9(13)12-8-4-2-7(11)3-5-8/h2-5H,6H2,1H3,(H,12,13)/t10-/m1/s1. The highest BCUT2D eigenvalue weighted by molar-refractivity contribution is 6.30. The van der Waals surface area contributed by atoms with Crippen LogP contribution in [0.2, 0.25) is 5.02 Å². The van der Waals surface area contributed by atoms with E-state index in [-0.39, 0.29) is 5.91 Å². The van der Waals surface area contributed by atoms with E-state index < -0.39 is 5.60 Å². The van der Waals surface area contributed by atoms with Crippen molar-refractivity contribution >= 4 is 23.2 Å². The number of hydrogen-bond acceptors (Lipinski definition) is 2. The van der Waals surface area contributed by atoms with Gasteiger partial charge in [0.2, 0.25) is 0 Å². The van der Waals surface area contributed by atoms with Gasteiger partial charge in [-0.2, -0.15) is 0 Å². The van der Waals surface area contributed by atoms with E-state index in [0.29, 0.717) is 11.6 Å². The quantitative estimate of drug-likeness (QED) is 0.761. The summed E-state index contributed by atoms with van der Waals surface area (Å²) in [5.41, 5.74) is 0.107. The molecule has 4 heteroatoms. The molecule has 1 aliphatic rings. The minimum absolute atomic E-state index is 0.111. The number of rotatable bonds is 2. The smallest absolute Gasteiger partial charge is 0.258 e. The van der Waals surface area contributed by atoms with Crippen LogP contribution in [0.1, 0.15) is 6.92 Å². The molecule has 1 atom stereocenters. The van der Waals surface area contributed by atoms with Gasteiger partial charge in [0.15, 0.2) is 5.60 Å². The summed E-state index contributed by atoms with van der Waals surface area (Å²) in [6.07, 6.45) is 0. The van der Waals surface area contributed by atoms with E-state index in [1.54, 1.807) is 31.2 Å². The highest BCUT2D eigenvalue weighted by Crippen LogP contribution is 2.27. The molecule has 1 fully saturated rings. The Morgan fingerprint density at radius 1 is 1.50 bits per heavy atom. The van der Waals surface area contributed by atoms with Gasteiger partial charge in [0.1, 0.15) is 0 Å². The molecule has 1 heterocycles. The van der Waals surface area contributed by atoms with E-state index in [0.717, 1.165) is 5.69 Å². The van der Waals surface area contributed by atoms with Gasteiger partial charge in [-0.3, -0.25) is 4.79 Å². The summed E-state index contributed by atoms with van der Waals surface area (Å²) in [6.45, 7) is 2.25. The summed E-state index contributed by atoms with van der Waals surface area (Å²) in [4.78, 5) is 11.5. The first kappa shape index (κ1) is 9.49. The Kier molecular flexibility index (Phi) is 2.21. The number of carbonyl (C=O) groups is 1. The van der Waals surface area contributed by atoms with Crippen LogP contribution in [0.4, 0.5) is 5.69 Å². The van der Waals surface area contributed by atoms with Crippen molar-refractivity contribution < 1.29 is 9.53 Å². The fourth-order valence-electron chi connectivity index (χ4n) is 1.04. The van der Waals surface area contributed by atoms with Crippen LogP contribution in [0.15, 0.2) is 24.3 Å². The Morgan fingerprint density at radius 2 is 2.07 bits per heavy atom. The molecule has 0 saturated carbocycles. The number of ether oxygens (including phenoxy) is 1. The van der Waals surface area contributed by atoms with Crippen LogP contribution in [-0.2, 0) is 9.53 Å². The average Bonchev–Trinajstić information content (AvgIpc) is 2.89. The zero-order chi connectivity index (χ0) is 10.2. The van der Waals surface area contributed by atoms with E-state index in [2.05, 4.69) is 5.32 Å². The summed E-state index contributed by atoms with van der Waals surface area (Å²) in [6, 6.07) is 6.97. The molecule has 1 N–H and O–H groups in total. The fraction of sp³-hybridized carbons (Fsp3) is 0.300. The molecule has 0 unspecified atom stereocenters. The summed E-state index contributed by atoms with van der Waals surface area (Å²) in [7, 11) is 0. The molecule has 1 amide bonds. The van der Waals surface area contributed by atoms with Gasteiger partial charge in [-0.1, -0.05) is 11.6 Å². The van der Waals surface area contributed by atoms with Crippen LogP contribution in [-0.4, -0.2) is 18.1 Å². The van der Waals surface area contributed by atoms with Crippen molar-refractivity contribution in [3.8, 4) is 0 Å². The maximum Gasteiger partial charge on any atom is 0.258 e. The van der Waals surface area contributed by atoms with Crippen LogP contribution < -0.4 is 5.32 Å². The third kappa shape index (κ3) is 1.89. The van der Waals surface area contributed by atoms with Gasteiger partial charge < -0.3 is 10.1 Å². The summed E-state index contributed by atoms with van der Waals surface area (Å²) < 4.78 is 5.02. The molecule has 0 bridgehead atoms. The van der Waals surface area contributed by atoms with Crippen molar-refractivity contribution in [2.45, 2.75) is 12.5 Å². The monoisotopic (exact) mass is 211 g/mol. The predicted octanol–water partition coefficient (Wildman–Crippen LogP) is 2.07. The lowest BCUT2D eigenvalue weighted by Gasteiger charge is -2.07. The number of carbonyl (C=O) groups excluding carboxylic acids is 1. The molecule has 0 aromatic heterocycles. The molecule has 1 saturated heterocycles. The SMILES string of the molecule is C[C@]1(C(=O)Nc2ccc(Cl)cc2)CO1. The van der Waals surface area contributed by atoms with Crippen molar-refractivity contribution in [2.75, 3.05) is 11.9 Å². The first-order valence-corrected chi connectivity index (χ1v) is 4.69. The number of nitrogens with one attached hydrogen (secondary N) is 1. The number of benzene rings is 1. The van der Waals surface area contributed by atoms with E-state index in [1.807, 2.05) is 0 Å². The third-order valence-electron chi connectivity index (χ3n) is 2.16. The van der Waals surface area contributed by atoms with Crippen LogP contribution in [0.5, 0.6) is 0 Å². The number of hydrogen-bond donors (Lipinski definition) is 1. The molecule has 0 aliphatic carbocycles. The van der Waals surface area contributed by atoms with Gasteiger partial charge in [0.25, 0.3) is 5.91 Å². The maximum absolute atomic E-state index is 11.5. The maximum atomic E-state index is 11.5. The fourth-order valence-corrected chi connectivity index (χ4v) is 1.16. The molecule has 3 nitrogen and oxygen atoms in total. The van der Waals surface area contributed by atoms with Crippen LogP contribution >= 0.6 is 11.6 Å². The number of epoxide rings is 1. The lowest BCUT2D eigenvalue weighted by Crippen LogP contribution is -2.27. The molecule has 74 valence electrons. The molecule has 1 aromatic carbocycles. The molecular formula is C10H10ClNO2. The van der Waals surface area contributed by atoms with Crippen LogP contribution in [0.25, 0.3) is 0 Å². The predicted molar refractivity (Wildman–Crippen MR) is 54.4 cm³/mol. The van der Waals surface area contributed by atoms with Crippen molar-refractivity contribution in [3.05, 3.63) is 29.3 Å². The van der Waals surface area contributed by atoms with Crippen molar-refractivity contribution in [1.29, 1.82) is 0 Å². The Bertz CT molecular complexity index is 357. The zero-order valence-electron chi connectivity index (χ0n) is 7.71. The second-order valence-electron chi connectivity index (χ2n) is 3.48. The molecule has 0 radical (unpaired) electrons. The van der Waals surface area contributed by atoms with Crippen molar-refractivity contribution in [2.24, 2.45) is 0 Å². The average molecular weight is 212 g/mol. The molecule has 14 heavy (non-hydrogen) atoms. The normalized spacial score (nSPS) is 24.4. The first-order valence-electron chi connectivity index (χ1n) is 4.31. The minimum atomic E-state index is -0.625. The lowest BCUT2D eigenvalue weighted by atomic mass is 10.2. The van der Waals surface area contributed by atoms with Gasteiger partial charge >= 0.3 is 0 Å².